The summed E-state index contributed by atoms with van der Waals surface area (Å²) >= 11 is 0. The first-order valence-corrected chi connectivity index (χ1v) is 8.33. The lowest BCUT2D eigenvalue weighted by atomic mass is 10.0. The summed E-state index contributed by atoms with van der Waals surface area (Å²) in [6.07, 6.45) is 3.53. The van der Waals surface area contributed by atoms with E-state index in [1.165, 1.54) is 25.5 Å². The number of methoxy groups -OCH3 is 1. The molecular weight excluding hydrogens is 348 g/mol. The first-order chi connectivity index (χ1) is 12.8. The number of rotatable bonds is 4. The number of aromatic hydroxyl groups is 3. The number of phenols is 3. The van der Waals surface area contributed by atoms with Gasteiger partial charge in [0.25, 0.3) is 0 Å². The van der Waals surface area contributed by atoms with Crippen LogP contribution in [-0.2, 0) is 6.42 Å². The van der Waals surface area contributed by atoms with Crippen molar-refractivity contribution in [1.82, 2.24) is 0 Å². The number of phenolic OH excluding ortho intramolecular Hbond substituents is 3. The minimum atomic E-state index is -0.444. The van der Waals surface area contributed by atoms with E-state index in [1.54, 1.807) is 6.07 Å². The molecule has 0 bridgehead atoms. The molecule has 6 heteroatoms. The molecule has 0 spiro atoms. The highest BCUT2D eigenvalue weighted by Gasteiger charge is 2.19. The van der Waals surface area contributed by atoms with Gasteiger partial charge in [-0.25, -0.2) is 0 Å². The Morgan fingerprint density at radius 2 is 1.85 bits per heavy atom. The Hall–Kier alpha value is -3.41. The minimum absolute atomic E-state index is 0.00509. The first-order valence-electron chi connectivity index (χ1n) is 8.33. The summed E-state index contributed by atoms with van der Waals surface area (Å²) in [5.41, 5.74) is 1.85. The molecule has 0 unspecified atom stereocenters. The van der Waals surface area contributed by atoms with Crippen molar-refractivity contribution in [3.05, 3.63) is 58.0 Å². The van der Waals surface area contributed by atoms with Crippen LogP contribution in [-0.4, -0.2) is 22.4 Å². The minimum Gasteiger partial charge on any atom is -0.507 e. The van der Waals surface area contributed by atoms with E-state index in [0.717, 1.165) is 11.6 Å². The van der Waals surface area contributed by atoms with Crippen LogP contribution in [0.15, 0.2) is 51.4 Å². The molecular formula is C21H20O6. The topological polar surface area (TPSA) is 100 Å². The van der Waals surface area contributed by atoms with Crippen LogP contribution in [0.5, 0.6) is 23.0 Å². The number of hydrogen-bond acceptors (Lipinski definition) is 6. The third-order valence-corrected chi connectivity index (χ3v) is 4.31. The van der Waals surface area contributed by atoms with Crippen molar-refractivity contribution in [2.24, 2.45) is 0 Å². The van der Waals surface area contributed by atoms with Gasteiger partial charge in [0, 0.05) is 11.6 Å². The van der Waals surface area contributed by atoms with Crippen molar-refractivity contribution in [1.29, 1.82) is 0 Å². The highest BCUT2D eigenvalue weighted by atomic mass is 16.5. The number of benzene rings is 2. The molecule has 0 amide bonds. The summed E-state index contributed by atoms with van der Waals surface area (Å²) in [6, 6.07) is 5.62. The third kappa shape index (κ3) is 3.33. The van der Waals surface area contributed by atoms with Crippen molar-refractivity contribution in [3.63, 3.8) is 0 Å². The second kappa shape index (κ2) is 7.07. The van der Waals surface area contributed by atoms with Crippen LogP contribution in [0.25, 0.3) is 22.1 Å². The Labute approximate surface area is 155 Å². The van der Waals surface area contributed by atoms with Crippen molar-refractivity contribution in [2.75, 3.05) is 7.11 Å². The van der Waals surface area contributed by atoms with E-state index in [1.807, 2.05) is 19.9 Å². The molecule has 1 aromatic heterocycles. The molecule has 0 aliphatic heterocycles. The first kappa shape index (κ1) is 18.4. The molecule has 0 atom stereocenters. The normalized spacial score (nSPS) is 10.8. The maximum atomic E-state index is 13.0. The molecule has 3 aromatic rings. The Kier molecular flexibility index (Phi) is 4.81. The molecule has 3 N–H and O–H groups in total. The Bertz CT molecular complexity index is 1100. The summed E-state index contributed by atoms with van der Waals surface area (Å²) in [7, 11) is 1.41. The van der Waals surface area contributed by atoms with E-state index in [4.69, 9.17) is 9.15 Å². The second-order valence-electron chi connectivity index (χ2n) is 6.45. The van der Waals surface area contributed by atoms with E-state index in [2.05, 4.69) is 0 Å². The fourth-order valence-corrected chi connectivity index (χ4v) is 2.88. The number of allylic oxidation sites excluding steroid dienone is 2. The third-order valence-electron chi connectivity index (χ3n) is 4.31. The summed E-state index contributed by atoms with van der Waals surface area (Å²) in [6.45, 7) is 3.85. The fourth-order valence-electron chi connectivity index (χ4n) is 2.88. The lowest BCUT2D eigenvalue weighted by Crippen LogP contribution is -2.06. The molecule has 0 aliphatic rings. The molecule has 0 saturated heterocycles. The van der Waals surface area contributed by atoms with Gasteiger partial charge in [0.1, 0.15) is 28.7 Å². The number of fused-ring (bicyclic) bond motifs is 1. The van der Waals surface area contributed by atoms with Gasteiger partial charge >= 0.3 is 0 Å². The maximum Gasteiger partial charge on any atom is 0.204 e. The Balaban J connectivity index is 2.27. The van der Waals surface area contributed by atoms with Crippen LogP contribution < -0.4 is 10.2 Å². The summed E-state index contributed by atoms with van der Waals surface area (Å²) in [4.78, 5) is 13.0. The van der Waals surface area contributed by atoms with Gasteiger partial charge in [0.2, 0.25) is 5.43 Å². The summed E-state index contributed by atoms with van der Waals surface area (Å²) in [5.74, 6) is -0.334. The zero-order valence-corrected chi connectivity index (χ0v) is 15.2. The van der Waals surface area contributed by atoms with Gasteiger partial charge in [-0.05, 0) is 38.0 Å². The summed E-state index contributed by atoms with van der Waals surface area (Å²) in [5, 5.41) is 30.2. The average Bonchev–Trinajstić information content (AvgIpc) is 2.61. The molecule has 0 saturated carbocycles. The molecule has 140 valence electrons. The molecule has 0 radical (unpaired) electrons. The molecule has 6 nitrogen and oxygen atoms in total. The van der Waals surface area contributed by atoms with Crippen LogP contribution in [0.3, 0.4) is 0 Å². The van der Waals surface area contributed by atoms with Crippen molar-refractivity contribution in [2.45, 2.75) is 20.3 Å². The smallest absolute Gasteiger partial charge is 0.204 e. The maximum absolute atomic E-state index is 13.0. The largest absolute Gasteiger partial charge is 0.507 e. The van der Waals surface area contributed by atoms with Crippen molar-refractivity contribution < 1.29 is 24.5 Å². The highest BCUT2D eigenvalue weighted by Crippen LogP contribution is 2.36. The predicted octanol–water partition coefficient (Wildman–Crippen LogP) is 4.09. The fraction of sp³-hybridized carbons (Fsp3) is 0.190. The van der Waals surface area contributed by atoms with E-state index in [0.29, 0.717) is 17.5 Å². The molecule has 0 fully saturated rings. The van der Waals surface area contributed by atoms with Crippen LogP contribution in [0.1, 0.15) is 19.4 Å². The van der Waals surface area contributed by atoms with E-state index >= 15 is 0 Å². The molecule has 1 heterocycles. The predicted molar refractivity (Wildman–Crippen MR) is 103 cm³/mol. The van der Waals surface area contributed by atoms with Crippen LogP contribution in [0.4, 0.5) is 0 Å². The standard InChI is InChI=1S/C21H20O6/c1-11(2)4-6-13-16(23)9-17(24)19-20(25)14(10-27-21(13)19)12-5-7-15(22)18(8-12)26-3/h4-5,7-10,22-24H,6H2,1-3H3. The van der Waals surface area contributed by atoms with E-state index < -0.39 is 5.43 Å². The van der Waals surface area contributed by atoms with Crippen molar-refractivity contribution >= 4 is 11.0 Å². The summed E-state index contributed by atoms with van der Waals surface area (Å²) < 4.78 is 10.7. The monoisotopic (exact) mass is 368 g/mol. The SMILES string of the molecule is COc1cc(-c2coc3c(CC=C(C)C)c(O)cc(O)c3c2=O)ccc1O. The van der Waals surface area contributed by atoms with E-state index in [9.17, 15) is 20.1 Å². The average molecular weight is 368 g/mol. The Morgan fingerprint density at radius 1 is 1.11 bits per heavy atom. The lowest BCUT2D eigenvalue weighted by Gasteiger charge is -2.11. The van der Waals surface area contributed by atoms with Gasteiger partial charge in [-0.15, -0.1) is 0 Å². The van der Waals surface area contributed by atoms with Gasteiger partial charge < -0.3 is 24.5 Å². The zero-order chi connectivity index (χ0) is 19.7. The zero-order valence-electron chi connectivity index (χ0n) is 15.2. The van der Waals surface area contributed by atoms with Gasteiger partial charge in [-0.1, -0.05) is 17.7 Å². The molecule has 27 heavy (non-hydrogen) atoms. The van der Waals surface area contributed by atoms with Gasteiger partial charge in [-0.2, -0.15) is 0 Å². The quantitative estimate of drug-likeness (QED) is 0.600. The van der Waals surface area contributed by atoms with Crippen LogP contribution in [0.2, 0.25) is 0 Å². The van der Waals surface area contributed by atoms with Crippen LogP contribution >= 0.6 is 0 Å². The lowest BCUT2D eigenvalue weighted by molar-refractivity contribution is 0.373. The molecule has 3 rings (SSSR count). The molecule has 2 aromatic carbocycles. The number of hydrogen-bond donors (Lipinski definition) is 3. The van der Waals surface area contributed by atoms with Gasteiger partial charge in [0.15, 0.2) is 11.5 Å². The molecule has 0 aliphatic carbocycles. The van der Waals surface area contributed by atoms with Crippen LogP contribution in [0, 0.1) is 0 Å². The van der Waals surface area contributed by atoms with Gasteiger partial charge in [-0.3, -0.25) is 4.79 Å². The Morgan fingerprint density at radius 3 is 2.52 bits per heavy atom. The van der Waals surface area contributed by atoms with E-state index in [-0.39, 0.29) is 39.5 Å². The highest BCUT2D eigenvalue weighted by molar-refractivity contribution is 5.91. The van der Waals surface area contributed by atoms with Crippen molar-refractivity contribution in [3.8, 4) is 34.1 Å². The second-order valence-corrected chi connectivity index (χ2v) is 6.45. The number of ether oxygens (including phenoxy) is 1. The van der Waals surface area contributed by atoms with Gasteiger partial charge in [0.05, 0.1) is 12.7 Å².